The lowest BCUT2D eigenvalue weighted by atomic mass is 9.77. The highest BCUT2D eigenvalue weighted by Gasteiger charge is 2.35. The summed E-state index contributed by atoms with van der Waals surface area (Å²) in [5.74, 6) is 0.828. The Balaban J connectivity index is 1.90. The molecule has 1 fully saturated rings. The van der Waals surface area contributed by atoms with Gasteiger partial charge in [-0.05, 0) is 31.4 Å². The van der Waals surface area contributed by atoms with Crippen LogP contribution in [0.1, 0.15) is 19.3 Å². The van der Waals surface area contributed by atoms with Gasteiger partial charge in [0.05, 0.1) is 22.8 Å². The van der Waals surface area contributed by atoms with Crippen LogP contribution < -0.4 is 11.1 Å². The molecular formula is C13H16N4. The Bertz CT molecular complexity index is 528. The Morgan fingerprint density at radius 1 is 1.24 bits per heavy atom. The smallest absolute Gasteiger partial charge is 0.145 e. The van der Waals surface area contributed by atoms with Gasteiger partial charge in [-0.15, -0.1) is 0 Å². The van der Waals surface area contributed by atoms with Crippen molar-refractivity contribution in [2.45, 2.75) is 24.8 Å². The van der Waals surface area contributed by atoms with Gasteiger partial charge in [-0.1, -0.05) is 12.1 Å². The molecule has 0 amide bonds. The number of fused-ring (bicyclic) bond motifs is 1. The van der Waals surface area contributed by atoms with Crippen molar-refractivity contribution in [3.8, 4) is 0 Å². The van der Waals surface area contributed by atoms with Gasteiger partial charge in [-0.2, -0.15) is 0 Å². The van der Waals surface area contributed by atoms with Crippen LogP contribution in [0.3, 0.4) is 0 Å². The van der Waals surface area contributed by atoms with Crippen LogP contribution in [0.4, 0.5) is 5.82 Å². The lowest BCUT2D eigenvalue weighted by molar-refractivity contribution is 0.286. The minimum Gasteiger partial charge on any atom is -0.362 e. The van der Waals surface area contributed by atoms with Crippen molar-refractivity contribution in [3.63, 3.8) is 0 Å². The number of hydrogen-bond acceptors (Lipinski definition) is 4. The van der Waals surface area contributed by atoms with Crippen molar-refractivity contribution in [3.05, 3.63) is 30.5 Å². The highest BCUT2D eigenvalue weighted by molar-refractivity contribution is 5.75. The van der Waals surface area contributed by atoms with E-state index >= 15 is 0 Å². The first-order valence-corrected chi connectivity index (χ1v) is 6.01. The normalized spacial score (nSPS) is 17.7. The van der Waals surface area contributed by atoms with Crippen LogP contribution in [0.2, 0.25) is 0 Å². The van der Waals surface area contributed by atoms with Crippen molar-refractivity contribution in [2.24, 2.45) is 5.73 Å². The quantitative estimate of drug-likeness (QED) is 0.842. The van der Waals surface area contributed by atoms with E-state index in [0.29, 0.717) is 6.54 Å². The van der Waals surface area contributed by atoms with E-state index in [4.69, 9.17) is 5.73 Å². The fraction of sp³-hybridized carbons (Fsp3) is 0.385. The molecule has 1 heterocycles. The molecule has 4 heteroatoms. The summed E-state index contributed by atoms with van der Waals surface area (Å²) < 4.78 is 0. The number of benzene rings is 1. The van der Waals surface area contributed by atoms with Gasteiger partial charge in [0, 0.05) is 6.54 Å². The largest absolute Gasteiger partial charge is 0.362 e. The van der Waals surface area contributed by atoms with Crippen LogP contribution in [-0.2, 0) is 0 Å². The molecule has 0 bridgehead atoms. The molecule has 3 rings (SSSR count). The third-order valence-electron chi connectivity index (χ3n) is 3.54. The number of hydrogen-bond donors (Lipinski definition) is 2. The molecule has 88 valence electrons. The average Bonchev–Trinajstić information content (AvgIpc) is 2.34. The molecule has 2 aromatic rings. The second-order valence-electron chi connectivity index (χ2n) is 4.71. The number of nitrogens with two attached hydrogens (primary N) is 1. The Kier molecular flexibility index (Phi) is 2.44. The third-order valence-corrected chi connectivity index (χ3v) is 3.54. The molecule has 0 saturated heterocycles. The highest BCUT2D eigenvalue weighted by atomic mass is 15.1. The molecular weight excluding hydrogens is 212 g/mol. The number of anilines is 1. The maximum Gasteiger partial charge on any atom is 0.145 e. The zero-order valence-corrected chi connectivity index (χ0v) is 9.69. The average molecular weight is 228 g/mol. The fourth-order valence-corrected chi connectivity index (χ4v) is 2.27. The van der Waals surface area contributed by atoms with Gasteiger partial charge in [0.25, 0.3) is 0 Å². The van der Waals surface area contributed by atoms with Crippen molar-refractivity contribution < 1.29 is 0 Å². The maximum absolute atomic E-state index is 5.82. The topological polar surface area (TPSA) is 63.8 Å². The van der Waals surface area contributed by atoms with E-state index in [9.17, 15) is 0 Å². The molecule has 17 heavy (non-hydrogen) atoms. The summed E-state index contributed by atoms with van der Waals surface area (Å²) in [4.78, 5) is 8.95. The number of nitrogens with zero attached hydrogens (tertiary/aromatic N) is 2. The molecule has 1 aliphatic rings. The van der Waals surface area contributed by atoms with Gasteiger partial charge in [0.2, 0.25) is 0 Å². The van der Waals surface area contributed by atoms with Crippen LogP contribution in [0.5, 0.6) is 0 Å². The lowest BCUT2D eigenvalue weighted by Crippen LogP contribution is -2.51. The molecule has 1 saturated carbocycles. The molecule has 0 atom stereocenters. The summed E-state index contributed by atoms with van der Waals surface area (Å²) in [5, 5.41) is 3.44. The van der Waals surface area contributed by atoms with Crippen molar-refractivity contribution in [1.82, 2.24) is 9.97 Å². The lowest BCUT2D eigenvalue weighted by Gasteiger charge is -2.41. The summed E-state index contributed by atoms with van der Waals surface area (Å²) in [5.41, 5.74) is 7.72. The van der Waals surface area contributed by atoms with E-state index in [1.165, 1.54) is 6.42 Å². The number of para-hydroxylation sites is 2. The SMILES string of the molecule is NCC1(Nc2cnc3ccccc3n2)CCC1. The molecule has 1 aliphatic carbocycles. The van der Waals surface area contributed by atoms with E-state index in [1.54, 1.807) is 6.20 Å². The monoisotopic (exact) mass is 228 g/mol. The Labute approximate surface area is 100 Å². The van der Waals surface area contributed by atoms with E-state index in [1.807, 2.05) is 24.3 Å². The van der Waals surface area contributed by atoms with Crippen LogP contribution in [0.15, 0.2) is 30.5 Å². The van der Waals surface area contributed by atoms with Gasteiger partial charge < -0.3 is 11.1 Å². The Morgan fingerprint density at radius 2 is 2.00 bits per heavy atom. The van der Waals surface area contributed by atoms with E-state index in [2.05, 4.69) is 15.3 Å². The van der Waals surface area contributed by atoms with E-state index in [0.717, 1.165) is 29.7 Å². The van der Waals surface area contributed by atoms with Crippen LogP contribution >= 0.6 is 0 Å². The zero-order valence-electron chi connectivity index (χ0n) is 9.69. The molecule has 1 aromatic heterocycles. The first kappa shape index (κ1) is 10.5. The number of nitrogens with one attached hydrogen (secondary N) is 1. The summed E-state index contributed by atoms with van der Waals surface area (Å²) in [6.45, 7) is 0.654. The molecule has 3 N–H and O–H groups in total. The van der Waals surface area contributed by atoms with Gasteiger partial charge in [0.1, 0.15) is 5.82 Å². The first-order valence-electron chi connectivity index (χ1n) is 6.01. The van der Waals surface area contributed by atoms with Crippen molar-refractivity contribution in [1.29, 1.82) is 0 Å². The second kappa shape index (κ2) is 3.96. The minimum absolute atomic E-state index is 0.0527. The minimum atomic E-state index is 0.0527. The number of aromatic nitrogens is 2. The zero-order chi connectivity index (χ0) is 11.7. The summed E-state index contributed by atoms with van der Waals surface area (Å²) in [6, 6.07) is 7.89. The predicted octanol–water partition coefficient (Wildman–Crippen LogP) is 1.92. The van der Waals surface area contributed by atoms with Crippen molar-refractivity contribution >= 4 is 16.9 Å². The highest BCUT2D eigenvalue weighted by Crippen LogP contribution is 2.33. The molecule has 1 aromatic carbocycles. The van der Waals surface area contributed by atoms with Gasteiger partial charge in [0.15, 0.2) is 0 Å². The van der Waals surface area contributed by atoms with Crippen LogP contribution in [0.25, 0.3) is 11.0 Å². The predicted molar refractivity (Wildman–Crippen MR) is 68.8 cm³/mol. The standard InChI is InChI=1S/C13H16N4/c14-9-13(6-3-7-13)17-12-8-15-10-4-1-2-5-11(10)16-12/h1-2,4-5,8H,3,6-7,9,14H2,(H,16,17). The van der Waals surface area contributed by atoms with Gasteiger partial charge in [-0.3, -0.25) is 4.98 Å². The summed E-state index contributed by atoms with van der Waals surface area (Å²) in [6.07, 6.45) is 5.28. The molecule has 4 nitrogen and oxygen atoms in total. The van der Waals surface area contributed by atoms with E-state index < -0.39 is 0 Å². The van der Waals surface area contributed by atoms with Gasteiger partial charge >= 0.3 is 0 Å². The fourth-order valence-electron chi connectivity index (χ4n) is 2.27. The first-order chi connectivity index (χ1) is 8.31. The summed E-state index contributed by atoms with van der Waals surface area (Å²) in [7, 11) is 0. The maximum atomic E-state index is 5.82. The Hall–Kier alpha value is -1.68. The van der Waals surface area contributed by atoms with Crippen molar-refractivity contribution in [2.75, 3.05) is 11.9 Å². The molecule has 0 spiro atoms. The molecule has 0 unspecified atom stereocenters. The molecule has 0 radical (unpaired) electrons. The van der Waals surface area contributed by atoms with Gasteiger partial charge in [-0.25, -0.2) is 4.98 Å². The Morgan fingerprint density at radius 3 is 2.65 bits per heavy atom. The molecule has 0 aliphatic heterocycles. The van der Waals surface area contributed by atoms with Crippen LogP contribution in [0, 0.1) is 0 Å². The summed E-state index contributed by atoms with van der Waals surface area (Å²) >= 11 is 0. The second-order valence-corrected chi connectivity index (χ2v) is 4.71. The number of rotatable bonds is 3. The van der Waals surface area contributed by atoms with E-state index in [-0.39, 0.29) is 5.54 Å². The van der Waals surface area contributed by atoms with Crippen LogP contribution in [-0.4, -0.2) is 22.1 Å². The third kappa shape index (κ3) is 1.85.